The van der Waals surface area contributed by atoms with Crippen molar-refractivity contribution >= 4 is 29.3 Å². The maximum absolute atomic E-state index is 12.8. The Hall–Kier alpha value is -1.88. The van der Waals surface area contributed by atoms with Gasteiger partial charge in [0.1, 0.15) is 0 Å². The van der Waals surface area contributed by atoms with Gasteiger partial charge in [-0.05, 0) is 6.92 Å². The van der Waals surface area contributed by atoms with Crippen LogP contribution in [-0.4, -0.2) is 32.9 Å². The van der Waals surface area contributed by atoms with Crippen molar-refractivity contribution in [3.8, 4) is 0 Å². The van der Waals surface area contributed by atoms with Crippen LogP contribution in [0.15, 0.2) is 77.0 Å². The molecule has 0 radical (unpaired) electrons. The van der Waals surface area contributed by atoms with E-state index in [1.807, 2.05) is 25.1 Å². The predicted octanol–water partition coefficient (Wildman–Crippen LogP) is 3.64. The van der Waals surface area contributed by atoms with Gasteiger partial charge < -0.3 is 0 Å². The number of rotatable bonds is 9. The predicted molar refractivity (Wildman–Crippen MR) is 109 cm³/mol. The summed E-state index contributed by atoms with van der Waals surface area (Å²) < 4.78 is 28.9. The van der Waals surface area contributed by atoms with E-state index in [0.717, 1.165) is 18.4 Å². The zero-order valence-corrected chi connectivity index (χ0v) is 17.9. The molecule has 0 atom stereocenters. The fourth-order valence-corrected chi connectivity index (χ4v) is 6.12. The third-order valence-corrected chi connectivity index (χ3v) is 8.32. The number of benzene rings is 2. The summed E-state index contributed by atoms with van der Waals surface area (Å²) in [6.45, 7) is 2.62. The van der Waals surface area contributed by atoms with Gasteiger partial charge >= 0.3 is 161 Å². The molecule has 0 spiro atoms. The van der Waals surface area contributed by atoms with E-state index in [9.17, 15) is 8.42 Å². The molecule has 0 bridgehead atoms. The van der Waals surface area contributed by atoms with Gasteiger partial charge in [0.25, 0.3) is 0 Å². The van der Waals surface area contributed by atoms with Gasteiger partial charge in [0, 0.05) is 0 Å². The van der Waals surface area contributed by atoms with Crippen LogP contribution >= 0.6 is 0 Å². The van der Waals surface area contributed by atoms with Gasteiger partial charge in [-0.2, -0.15) is 0 Å². The molecule has 0 unspecified atom stereocenters. The van der Waals surface area contributed by atoms with E-state index in [1.165, 1.54) is 16.2 Å². The molecular weight excluding hydrogens is 423 g/mol. The van der Waals surface area contributed by atoms with Gasteiger partial charge in [0.2, 0.25) is 0 Å². The molecule has 0 fully saturated rings. The van der Waals surface area contributed by atoms with Crippen LogP contribution in [0, 0.1) is 6.92 Å². The molecule has 0 saturated carbocycles. The summed E-state index contributed by atoms with van der Waals surface area (Å²) in [5, 5.41) is 1.36. The number of hydrogen-bond donors (Lipinski definition) is 0. The second kappa shape index (κ2) is 9.36. The normalized spacial score (nSPS) is 11.6. The molecule has 4 nitrogen and oxygen atoms in total. The van der Waals surface area contributed by atoms with Gasteiger partial charge in [-0.3, -0.25) is 0 Å². The molecule has 0 aliphatic heterocycles. The van der Waals surface area contributed by atoms with Crippen molar-refractivity contribution < 1.29 is 8.42 Å². The zero-order valence-electron chi connectivity index (χ0n) is 15.4. The molecule has 0 N–H and O–H groups in total. The Labute approximate surface area is 167 Å². The molecule has 1 heterocycles. The summed E-state index contributed by atoms with van der Waals surface area (Å²) in [7, 11) is -3.57. The molecule has 3 aromatic rings. The Bertz CT molecular complexity index is 951. The summed E-state index contributed by atoms with van der Waals surface area (Å²) in [6.07, 6.45) is 6.55. The quantitative estimate of drug-likeness (QED) is 0.372. The van der Waals surface area contributed by atoms with Gasteiger partial charge in [-0.15, -0.1) is 0 Å². The third kappa shape index (κ3) is 5.32. The van der Waals surface area contributed by atoms with Gasteiger partial charge in [-0.1, -0.05) is 0 Å². The molecule has 1 aromatic heterocycles. The summed E-state index contributed by atoms with van der Waals surface area (Å²) in [6, 6.07) is 17.5. The molecule has 0 aliphatic rings. The maximum atomic E-state index is 12.8. The van der Waals surface area contributed by atoms with Crippen molar-refractivity contribution in [2.75, 3.05) is 0 Å². The standard InChI is InChI=1S/C21H24N2O2SSe/c1-18-10-12-19(13-11-18)26(24,25)21-22-14-16-23(21)15-6-3-7-17-27-20-8-4-2-5-9-20/h2,4-5,8-14,16H,3,6-7,15,17H2,1H3. The Morgan fingerprint density at radius 2 is 1.70 bits per heavy atom. The van der Waals surface area contributed by atoms with Crippen LogP contribution in [0.5, 0.6) is 0 Å². The number of imidazole rings is 1. The van der Waals surface area contributed by atoms with E-state index in [0.29, 0.717) is 26.4 Å². The zero-order chi connectivity index (χ0) is 19.1. The summed E-state index contributed by atoms with van der Waals surface area (Å²) in [5.74, 6) is 0. The van der Waals surface area contributed by atoms with Crippen molar-refractivity contribution in [3.05, 3.63) is 72.6 Å². The molecule has 2 aromatic carbocycles. The summed E-state index contributed by atoms with van der Waals surface area (Å²) in [5.41, 5.74) is 1.04. The van der Waals surface area contributed by atoms with Gasteiger partial charge in [-0.25, -0.2) is 0 Å². The number of nitrogens with zero attached hydrogens (tertiary/aromatic N) is 2. The second-order valence-electron chi connectivity index (χ2n) is 6.44. The Balaban J connectivity index is 1.52. The van der Waals surface area contributed by atoms with Gasteiger partial charge in [0.15, 0.2) is 0 Å². The Morgan fingerprint density at radius 1 is 0.963 bits per heavy atom. The monoisotopic (exact) mass is 448 g/mol. The van der Waals surface area contributed by atoms with Crippen LogP contribution in [0.4, 0.5) is 0 Å². The number of sulfone groups is 1. The van der Waals surface area contributed by atoms with Crippen LogP contribution < -0.4 is 4.46 Å². The number of aryl methyl sites for hydroxylation is 2. The number of aromatic nitrogens is 2. The molecule has 6 heteroatoms. The molecule has 3 rings (SSSR count). The average molecular weight is 447 g/mol. The number of hydrogen-bond acceptors (Lipinski definition) is 3. The first-order chi connectivity index (χ1) is 13.1. The van der Waals surface area contributed by atoms with Crippen molar-refractivity contribution in [1.29, 1.82) is 0 Å². The van der Waals surface area contributed by atoms with Crippen LogP contribution in [0.1, 0.15) is 24.8 Å². The van der Waals surface area contributed by atoms with Crippen LogP contribution in [0.3, 0.4) is 0 Å². The fourth-order valence-electron chi connectivity index (χ4n) is 2.80. The third-order valence-electron chi connectivity index (χ3n) is 4.30. The van der Waals surface area contributed by atoms with Crippen LogP contribution in [0.25, 0.3) is 0 Å². The molecule has 0 aliphatic carbocycles. The van der Waals surface area contributed by atoms with Crippen molar-refractivity contribution in [2.45, 2.75) is 48.1 Å². The molecular formula is C21H24N2O2SSe. The van der Waals surface area contributed by atoms with Crippen molar-refractivity contribution in [2.24, 2.45) is 0 Å². The van der Waals surface area contributed by atoms with Crippen LogP contribution in [0.2, 0.25) is 5.32 Å². The van der Waals surface area contributed by atoms with Crippen LogP contribution in [-0.2, 0) is 16.4 Å². The SMILES string of the molecule is Cc1ccc(S(=O)(=O)c2nccn2CCCCC[Se]c2ccccc2)cc1. The van der Waals surface area contributed by atoms with E-state index >= 15 is 0 Å². The van der Waals surface area contributed by atoms with E-state index in [-0.39, 0.29) is 5.16 Å². The first-order valence-electron chi connectivity index (χ1n) is 9.08. The van der Waals surface area contributed by atoms with Crippen molar-refractivity contribution in [3.63, 3.8) is 0 Å². The summed E-state index contributed by atoms with van der Waals surface area (Å²) in [4.78, 5) is 4.42. The second-order valence-corrected chi connectivity index (χ2v) is 10.7. The molecule has 27 heavy (non-hydrogen) atoms. The number of unbranched alkanes of at least 4 members (excludes halogenated alkanes) is 2. The van der Waals surface area contributed by atoms with Gasteiger partial charge in [0.05, 0.1) is 0 Å². The van der Waals surface area contributed by atoms with E-state index in [2.05, 4.69) is 29.2 Å². The molecule has 0 amide bonds. The minimum absolute atomic E-state index is 0.139. The molecule has 142 valence electrons. The molecule has 0 saturated heterocycles. The summed E-state index contributed by atoms with van der Waals surface area (Å²) >= 11 is 0.524. The minimum atomic E-state index is -3.57. The topological polar surface area (TPSA) is 52.0 Å². The Morgan fingerprint density at radius 3 is 2.44 bits per heavy atom. The van der Waals surface area contributed by atoms with E-state index in [1.54, 1.807) is 29.1 Å². The first-order valence-corrected chi connectivity index (χ1v) is 12.6. The fraction of sp³-hybridized carbons (Fsp3) is 0.286. The van der Waals surface area contributed by atoms with E-state index < -0.39 is 9.84 Å². The average Bonchev–Trinajstić information content (AvgIpc) is 3.15. The van der Waals surface area contributed by atoms with Crippen molar-refractivity contribution in [1.82, 2.24) is 9.55 Å². The Kier molecular flexibility index (Phi) is 6.89. The first kappa shape index (κ1) is 19.9. The van der Waals surface area contributed by atoms with E-state index in [4.69, 9.17) is 0 Å².